The SMILES string of the molecule is c1ccc(-c2ccc(-c3ccc(-n4c5ccccc5c5cc6c7ccccc7n(-c7cccc8ccccc78)c6cc54)cc3)cc2)cc1. The van der Waals surface area contributed by atoms with Gasteiger partial charge >= 0.3 is 0 Å². The van der Waals surface area contributed by atoms with Gasteiger partial charge in [-0.05, 0) is 70.1 Å². The van der Waals surface area contributed by atoms with E-state index in [2.05, 4.69) is 191 Å². The van der Waals surface area contributed by atoms with Crippen LogP contribution < -0.4 is 0 Å². The topological polar surface area (TPSA) is 9.86 Å². The first-order valence-corrected chi connectivity index (χ1v) is 16.5. The van der Waals surface area contributed by atoms with E-state index in [1.54, 1.807) is 0 Å². The minimum Gasteiger partial charge on any atom is -0.309 e. The van der Waals surface area contributed by atoms with Crippen molar-refractivity contribution in [2.24, 2.45) is 0 Å². The second-order valence-corrected chi connectivity index (χ2v) is 12.6. The molecule has 0 amide bonds. The van der Waals surface area contributed by atoms with E-state index in [0.717, 1.165) is 5.69 Å². The second kappa shape index (κ2) is 10.6. The van der Waals surface area contributed by atoms with E-state index in [9.17, 15) is 0 Å². The minimum absolute atomic E-state index is 1.15. The van der Waals surface area contributed by atoms with Gasteiger partial charge < -0.3 is 9.13 Å². The number of para-hydroxylation sites is 2. The van der Waals surface area contributed by atoms with E-state index >= 15 is 0 Å². The highest BCUT2D eigenvalue weighted by Crippen LogP contribution is 2.40. The number of nitrogens with zero attached hydrogens (tertiary/aromatic N) is 2. The smallest absolute Gasteiger partial charge is 0.0562 e. The lowest BCUT2D eigenvalue weighted by Crippen LogP contribution is -1.96. The molecule has 0 saturated carbocycles. The molecule has 0 atom stereocenters. The lowest BCUT2D eigenvalue weighted by molar-refractivity contribution is 1.17. The van der Waals surface area contributed by atoms with Crippen LogP contribution in [0.5, 0.6) is 0 Å². The van der Waals surface area contributed by atoms with Gasteiger partial charge in [0.25, 0.3) is 0 Å². The maximum Gasteiger partial charge on any atom is 0.0562 e. The Hall–Kier alpha value is -6.38. The first kappa shape index (κ1) is 26.8. The van der Waals surface area contributed by atoms with Crippen LogP contribution in [0.25, 0.3) is 88.0 Å². The molecule has 0 aliphatic heterocycles. The Balaban J connectivity index is 1.18. The van der Waals surface area contributed by atoms with E-state index in [1.807, 2.05) is 0 Å². The van der Waals surface area contributed by atoms with Gasteiger partial charge in [0.05, 0.1) is 27.8 Å². The molecule has 10 aromatic rings. The molecule has 10 rings (SSSR count). The van der Waals surface area contributed by atoms with E-state index in [1.165, 1.54) is 82.3 Å². The Bertz CT molecular complexity index is 2790. The van der Waals surface area contributed by atoms with Crippen LogP contribution >= 0.6 is 0 Å². The monoisotopic (exact) mass is 610 g/mol. The Morgan fingerprint density at radius 1 is 0.271 bits per heavy atom. The lowest BCUT2D eigenvalue weighted by Gasteiger charge is -2.13. The number of benzene rings is 8. The molecule has 8 aromatic carbocycles. The normalized spacial score (nSPS) is 11.8. The summed E-state index contributed by atoms with van der Waals surface area (Å²) in [5.74, 6) is 0. The largest absolute Gasteiger partial charge is 0.309 e. The van der Waals surface area contributed by atoms with Gasteiger partial charge in [-0.25, -0.2) is 0 Å². The number of hydrogen-bond acceptors (Lipinski definition) is 0. The van der Waals surface area contributed by atoms with Gasteiger partial charge in [0.1, 0.15) is 0 Å². The fraction of sp³-hybridized carbons (Fsp3) is 0. The predicted octanol–water partition coefficient (Wildman–Crippen LogP) is 12.4. The molecule has 0 fully saturated rings. The number of hydrogen-bond donors (Lipinski definition) is 0. The molecule has 224 valence electrons. The minimum atomic E-state index is 1.15. The Kier molecular flexibility index (Phi) is 5.91. The molecule has 48 heavy (non-hydrogen) atoms. The van der Waals surface area contributed by atoms with Gasteiger partial charge in [0, 0.05) is 32.6 Å². The molecule has 0 saturated heterocycles. The average Bonchev–Trinajstić information content (AvgIpc) is 3.66. The van der Waals surface area contributed by atoms with Crippen molar-refractivity contribution in [3.05, 3.63) is 182 Å². The van der Waals surface area contributed by atoms with Crippen LogP contribution in [0.1, 0.15) is 0 Å². The van der Waals surface area contributed by atoms with Crippen LogP contribution in [0.2, 0.25) is 0 Å². The Morgan fingerprint density at radius 3 is 1.42 bits per heavy atom. The molecule has 0 unspecified atom stereocenters. The van der Waals surface area contributed by atoms with Crippen molar-refractivity contribution in [3.63, 3.8) is 0 Å². The van der Waals surface area contributed by atoms with Crippen molar-refractivity contribution in [3.8, 4) is 33.6 Å². The van der Waals surface area contributed by atoms with Crippen molar-refractivity contribution >= 4 is 54.4 Å². The maximum atomic E-state index is 2.46. The quantitative estimate of drug-likeness (QED) is 0.188. The summed E-state index contributed by atoms with van der Waals surface area (Å²) in [6.45, 7) is 0. The van der Waals surface area contributed by atoms with E-state index in [0.29, 0.717) is 0 Å². The molecular formula is C46H30N2. The summed E-state index contributed by atoms with van der Waals surface area (Å²) in [4.78, 5) is 0. The molecule has 0 aliphatic rings. The fourth-order valence-electron chi connectivity index (χ4n) is 7.66. The molecule has 0 spiro atoms. The van der Waals surface area contributed by atoms with Crippen molar-refractivity contribution in [2.45, 2.75) is 0 Å². The van der Waals surface area contributed by atoms with Gasteiger partial charge in [0.15, 0.2) is 0 Å². The van der Waals surface area contributed by atoms with Gasteiger partial charge in [-0.2, -0.15) is 0 Å². The zero-order valence-electron chi connectivity index (χ0n) is 26.2. The third-order valence-corrected chi connectivity index (χ3v) is 9.92. The van der Waals surface area contributed by atoms with Crippen LogP contribution in [0, 0.1) is 0 Å². The van der Waals surface area contributed by atoms with Crippen LogP contribution in [-0.2, 0) is 0 Å². The van der Waals surface area contributed by atoms with Gasteiger partial charge in [-0.1, -0.05) is 140 Å². The van der Waals surface area contributed by atoms with Crippen LogP contribution in [-0.4, -0.2) is 9.13 Å². The highest BCUT2D eigenvalue weighted by atomic mass is 15.0. The molecule has 2 heteroatoms. The fourth-order valence-corrected chi connectivity index (χ4v) is 7.66. The first-order chi connectivity index (χ1) is 23.8. The third-order valence-electron chi connectivity index (χ3n) is 9.92. The zero-order valence-corrected chi connectivity index (χ0v) is 26.2. The average molecular weight is 611 g/mol. The maximum absolute atomic E-state index is 2.46. The predicted molar refractivity (Wildman–Crippen MR) is 203 cm³/mol. The standard InChI is InChI=1S/C46H30N2/c1-2-11-31(12-3-1)32-21-23-33(24-22-32)34-25-27-36(28-26-34)47-43-18-8-6-16-38(43)40-29-41-39-17-7-9-19-44(39)48(46(41)30-45(40)47)42-20-10-14-35-13-4-5-15-37(35)42/h1-30H. The molecule has 2 nitrogen and oxygen atoms in total. The molecule has 0 N–H and O–H groups in total. The van der Waals surface area contributed by atoms with Crippen molar-refractivity contribution in [2.75, 3.05) is 0 Å². The second-order valence-electron chi connectivity index (χ2n) is 12.6. The third kappa shape index (κ3) is 4.06. The van der Waals surface area contributed by atoms with Crippen LogP contribution in [0.3, 0.4) is 0 Å². The summed E-state index contributed by atoms with van der Waals surface area (Å²) in [6, 6.07) is 66.2. The molecule has 2 aromatic heterocycles. The molecule has 2 heterocycles. The van der Waals surface area contributed by atoms with Gasteiger partial charge in [0.2, 0.25) is 0 Å². The van der Waals surface area contributed by atoms with Crippen molar-refractivity contribution in [1.29, 1.82) is 0 Å². The molecule has 0 bridgehead atoms. The molecule has 0 aliphatic carbocycles. The first-order valence-electron chi connectivity index (χ1n) is 16.5. The number of rotatable bonds is 4. The van der Waals surface area contributed by atoms with E-state index in [-0.39, 0.29) is 0 Å². The Morgan fingerprint density at radius 2 is 0.750 bits per heavy atom. The summed E-state index contributed by atoms with van der Waals surface area (Å²) in [6.07, 6.45) is 0. The van der Waals surface area contributed by atoms with E-state index < -0.39 is 0 Å². The lowest BCUT2D eigenvalue weighted by atomic mass is 10.0. The summed E-state index contributed by atoms with van der Waals surface area (Å²) >= 11 is 0. The van der Waals surface area contributed by atoms with Crippen molar-refractivity contribution in [1.82, 2.24) is 9.13 Å². The Labute approximate surface area is 278 Å². The van der Waals surface area contributed by atoms with Gasteiger partial charge in [-0.3, -0.25) is 0 Å². The van der Waals surface area contributed by atoms with Crippen molar-refractivity contribution < 1.29 is 0 Å². The molecule has 0 radical (unpaired) electrons. The highest BCUT2D eigenvalue weighted by Gasteiger charge is 2.19. The number of aromatic nitrogens is 2. The highest BCUT2D eigenvalue weighted by molar-refractivity contribution is 6.19. The zero-order chi connectivity index (χ0) is 31.6. The van der Waals surface area contributed by atoms with Crippen LogP contribution in [0.15, 0.2) is 182 Å². The summed E-state index contributed by atoms with van der Waals surface area (Å²) in [5.41, 5.74) is 12.1. The van der Waals surface area contributed by atoms with Crippen LogP contribution in [0.4, 0.5) is 0 Å². The molecular weight excluding hydrogens is 581 g/mol. The number of fused-ring (bicyclic) bond motifs is 7. The summed E-state index contributed by atoms with van der Waals surface area (Å²) in [7, 11) is 0. The van der Waals surface area contributed by atoms with Gasteiger partial charge in [-0.15, -0.1) is 0 Å². The summed E-state index contributed by atoms with van der Waals surface area (Å²) < 4.78 is 4.88. The van der Waals surface area contributed by atoms with E-state index in [4.69, 9.17) is 0 Å². The summed E-state index contributed by atoms with van der Waals surface area (Å²) in [5, 5.41) is 7.54.